The third-order valence-corrected chi connectivity index (χ3v) is 3.86. The molecule has 0 saturated carbocycles. The summed E-state index contributed by atoms with van der Waals surface area (Å²) in [5.41, 5.74) is 3.31. The van der Waals surface area contributed by atoms with Crippen LogP contribution in [-0.4, -0.2) is 44.9 Å². The van der Waals surface area contributed by atoms with E-state index in [4.69, 9.17) is 9.47 Å². The van der Waals surface area contributed by atoms with Crippen LogP contribution in [0.1, 0.15) is 22.6 Å². The molecule has 1 unspecified atom stereocenters. The highest BCUT2D eigenvalue weighted by Gasteiger charge is 2.20. The lowest BCUT2D eigenvalue weighted by Gasteiger charge is -2.29. The second-order valence-corrected chi connectivity index (χ2v) is 5.27. The third-order valence-electron chi connectivity index (χ3n) is 3.86. The fourth-order valence-corrected chi connectivity index (χ4v) is 2.66. The Morgan fingerprint density at radius 1 is 1.30 bits per heavy atom. The van der Waals surface area contributed by atoms with E-state index >= 15 is 0 Å². The Hall–Kier alpha value is -1.57. The maximum Gasteiger partial charge on any atom is 0.122 e. The number of nitrogens with zero attached hydrogens (tertiary/aromatic N) is 2. The van der Waals surface area contributed by atoms with E-state index in [-0.39, 0.29) is 5.92 Å². The zero-order valence-electron chi connectivity index (χ0n) is 12.5. The summed E-state index contributed by atoms with van der Waals surface area (Å²) in [5.74, 6) is 0.784. The summed E-state index contributed by atoms with van der Waals surface area (Å²) >= 11 is 0. The van der Waals surface area contributed by atoms with Gasteiger partial charge in [-0.3, -0.25) is 4.90 Å². The van der Waals surface area contributed by atoms with Crippen molar-refractivity contribution in [3.8, 4) is 11.8 Å². The first kappa shape index (κ1) is 14.8. The molecule has 1 aromatic carbocycles. The Bertz CT molecular complexity index is 502. The molecule has 1 atom stereocenters. The maximum absolute atomic E-state index is 9.51. The topological polar surface area (TPSA) is 45.5 Å². The molecule has 1 fully saturated rings. The lowest BCUT2D eigenvalue weighted by molar-refractivity contribution is 0.0370. The summed E-state index contributed by atoms with van der Waals surface area (Å²) < 4.78 is 10.7. The van der Waals surface area contributed by atoms with Gasteiger partial charge in [0.15, 0.2) is 0 Å². The van der Waals surface area contributed by atoms with Crippen LogP contribution < -0.4 is 4.74 Å². The number of rotatable bonds is 4. The molecule has 0 spiro atoms. The molecule has 0 aromatic heterocycles. The van der Waals surface area contributed by atoms with Gasteiger partial charge in [0, 0.05) is 19.6 Å². The Morgan fingerprint density at radius 3 is 2.60 bits per heavy atom. The quantitative estimate of drug-likeness (QED) is 0.845. The predicted octanol–water partition coefficient (Wildman–Crippen LogP) is 2.25. The van der Waals surface area contributed by atoms with Crippen molar-refractivity contribution in [2.75, 3.05) is 40.0 Å². The van der Waals surface area contributed by atoms with Crippen molar-refractivity contribution in [3.05, 3.63) is 28.8 Å². The van der Waals surface area contributed by atoms with Crippen molar-refractivity contribution < 1.29 is 9.47 Å². The smallest absolute Gasteiger partial charge is 0.122 e. The van der Waals surface area contributed by atoms with Crippen molar-refractivity contribution in [1.29, 1.82) is 5.26 Å². The van der Waals surface area contributed by atoms with Crippen molar-refractivity contribution in [3.63, 3.8) is 0 Å². The predicted molar refractivity (Wildman–Crippen MR) is 78.1 cm³/mol. The molecule has 0 aliphatic carbocycles. The summed E-state index contributed by atoms with van der Waals surface area (Å²) in [6, 6.07) is 6.56. The molecule has 108 valence electrons. The first-order valence-electron chi connectivity index (χ1n) is 7.00. The van der Waals surface area contributed by atoms with Crippen LogP contribution in [0.25, 0.3) is 0 Å². The van der Waals surface area contributed by atoms with E-state index in [1.807, 2.05) is 19.9 Å². The van der Waals surface area contributed by atoms with Gasteiger partial charge >= 0.3 is 0 Å². The van der Waals surface area contributed by atoms with Gasteiger partial charge in [0.05, 0.1) is 32.3 Å². The highest BCUT2D eigenvalue weighted by molar-refractivity contribution is 5.44. The van der Waals surface area contributed by atoms with Crippen LogP contribution in [-0.2, 0) is 4.74 Å². The Balaban J connectivity index is 2.18. The van der Waals surface area contributed by atoms with Gasteiger partial charge in [-0.25, -0.2) is 0 Å². The molecule has 0 amide bonds. The summed E-state index contributed by atoms with van der Waals surface area (Å²) in [5, 5.41) is 9.51. The Labute approximate surface area is 120 Å². The number of hydrogen-bond donors (Lipinski definition) is 0. The summed E-state index contributed by atoms with van der Waals surface area (Å²) in [6.45, 7) is 8.18. The SMILES string of the molecule is COc1cc(C)c(C(C#N)CN2CCOCC2)cc1C. The summed E-state index contributed by atoms with van der Waals surface area (Å²) in [6.07, 6.45) is 0. The fourth-order valence-electron chi connectivity index (χ4n) is 2.66. The molecule has 1 heterocycles. The second kappa shape index (κ2) is 6.74. The van der Waals surface area contributed by atoms with Gasteiger partial charge in [-0.1, -0.05) is 6.07 Å². The molecule has 1 aliphatic rings. The van der Waals surface area contributed by atoms with Crippen LogP contribution in [0.15, 0.2) is 12.1 Å². The first-order chi connectivity index (χ1) is 9.65. The minimum absolute atomic E-state index is 0.0993. The van der Waals surface area contributed by atoms with Crippen LogP contribution in [0.2, 0.25) is 0 Å². The van der Waals surface area contributed by atoms with Gasteiger partial charge in [-0.15, -0.1) is 0 Å². The minimum atomic E-state index is -0.0993. The highest BCUT2D eigenvalue weighted by atomic mass is 16.5. The van der Waals surface area contributed by atoms with Crippen molar-refractivity contribution in [1.82, 2.24) is 4.90 Å². The largest absolute Gasteiger partial charge is 0.496 e. The molecular weight excluding hydrogens is 252 g/mol. The summed E-state index contributed by atoms with van der Waals surface area (Å²) in [7, 11) is 1.68. The normalized spacial score (nSPS) is 17.5. The zero-order chi connectivity index (χ0) is 14.5. The molecule has 1 saturated heterocycles. The van der Waals surface area contributed by atoms with E-state index in [0.29, 0.717) is 0 Å². The molecule has 4 heteroatoms. The van der Waals surface area contributed by atoms with Crippen molar-refractivity contribution in [2.24, 2.45) is 0 Å². The van der Waals surface area contributed by atoms with E-state index < -0.39 is 0 Å². The number of nitriles is 1. The molecule has 4 nitrogen and oxygen atoms in total. The van der Waals surface area contributed by atoms with Crippen LogP contribution >= 0.6 is 0 Å². The maximum atomic E-state index is 9.51. The van der Waals surface area contributed by atoms with Gasteiger partial charge in [0.1, 0.15) is 5.75 Å². The van der Waals surface area contributed by atoms with E-state index in [2.05, 4.69) is 17.0 Å². The van der Waals surface area contributed by atoms with Crippen LogP contribution in [0.4, 0.5) is 0 Å². The fraction of sp³-hybridized carbons (Fsp3) is 0.562. The first-order valence-corrected chi connectivity index (χ1v) is 7.00. The minimum Gasteiger partial charge on any atom is -0.496 e. The Morgan fingerprint density at radius 2 is 2.00 bits per heavy atom. The van der Waals surface area contributed by atoms with Crippen LogP contribution in [0.3, 0.4) is 0 Å². The third kappa shape index (κ3) is 3.30. The van der Waals surface area contributed by atoms with Gasteiger partial charge in [-0.2, -0.15) is 5.26 Å². The number of hydrogen-bond acceptors (Lipinski definition) is 4. The number of methoxy groups -OCH3 is 1. The molecular formula is C16H22N2O2. The second-order valence-electron chi connectivity index (χ2n) is 5.27. The average Bonchev–Trinajstić information content (AvgIpc) is 2.48. The summed E-state index contributed by atoms with van der Waals surface area (Å²) in [4.78, 5) is 2.30. The van der Waals surface area contributed by atoms with Gasteiger partial charge < -0.3 is 9.47 Å². The monoisotopic (exact) mass is 274 g/mol. The lowest BCUT2D eigenvalue weighted by atomic mass is 9.93. The molecule has 2 rings (SSSR count). The number of morpholine rings is 1. The molecule has 1 aliphatic heterocycles. The molecule has 0 N–H and O–H groups in total. The molecule has 0 bridgehead atoms. The molecule has 1 aromatic rings. The van der Waals surface area contributed by atoms with E-state index in [0.717, 1.165) is 55.3 Å². The van der Waals surface area contributed by atoms with E-state index in [9.17, 15) is 5.26 Å². The number of aryl methyl sites for hydroxylation is 2. The zero-order valence-corrected chi connectivity index (χ0v) is 12.5. The molecule has 20 heavy (non-hydrogen) atoms. The highest BCUT2D eigenvalue weighted by Crippen LogP contribution is 2.28. The Kier molecular flexibility index (Phi) is 4.99. The van der Waals surface area contributed by atoms with Crippen LogP contribution in [0, 0.1) is 25.2 Å². The average molecular weight is 274 g/mol. The lowest BCUT2D eigenvalue weighted by Crippen LogP contribution is -2.38. The van der Waals surface area contributed by atoms with Gasteiger partial charge in [-0.05, 0) is 36.6 Å². The number of ether oxygens (including phenoxy) is 2. The molecule has 0 radical (unpaired) electrons. The standard InChI is InChI=1S/C16H22N2O2/c1-12-9-16(19-3)13(2)8-15(12)14(10-17)11-18-4-6-20-7-5-18/h8-9,14H,4-7,11H2,1-3H3. The van der Waals surface area contributed by atoms with Crippen molar-refractivity contribution >= 4 is 0 Å². The number of benzene rings is 1. The van der Waals surface area contributed by atoms with E-state index in [1.54, 1.807) is 7.11 Å². The van der Waals surface area contributed by atoms with Gasteiger partial charge in [0.2, 0.25) is 0 Å². The van der Waals surface area contributed by atoms with E-state index in [1.165, 1.54) is 0 Å². The van der Waals surface area contributed by atoms with Crippen LogP contribution in [0.5, 0.6) is 5.75 Å². The van der Waals surface area contributed by atoms with Gasteiger partial charge in [0.25, 0.3) is 0 Å². The van der Waals surface area contributed by atoms with Crippen molar-refractivity contribution in [2.45, 2.75) is 19.8 Å².